The molecule has 5 atom stereocenters. The van der Waals surface area contributed by atoms with E-state index in [0.29, 0.717) is 0 Å². The fourth-order valence-electron chi connectivity index (χ4n) is 1.99. The van der Waals surface area contributed by atoms with Gasteiger partial charge in [0, 0.05) is 13.0 Å². The van der Waals surface area contributed by atoms with Gasteiger partial charge in [-0.15, -0.1) is 0 Å². The molecule has 0 aliphatic carbocycles. The van der Waals surface area contributed by atoms with E-state index in [2.05, 4.69) is 5.32 Å². The van der Waals surface area contributed by atoms with E-state index in [1.165, 1.54) is 7.11 Å². The lowest BCUT2D eigenvalue weighted by Gasteiger charge is -2.30. The van der Waals surface area contributed by atoms with Crippen molar-refractivity contribution in [3.63, 3.8) is 0 Å². The van der Waals surface area contributed by atoms with Gasteiger partial charge in [-0.3, -0.25) is 14.9 Å². The molecule has 0 rings (SSSR count). The number of ether oxygens (including phenoxy) is 1. The lowest BCUT2D eigenvalue weighted by Crippen LogP contribution is -2.44. The summed E-state index contributed by atoms with van der Waals surface area (Å²) in [4.78, 5) is 23.0. The Morgan fingerprint density at radius 1 is 1.21 bits per heavy atom. The smallest absolute Gasteiger partial charge is 0.306 e. The maximum absolute atomic E-state index is 12.0. The molecule has 0 bridgehead atoms. The molecule has 112 valence electrons. The van der Waals surface area contributed by atoms with Gasteiger partial charge in [-0.1, -0.05) is 20.8 Å². The molecule has 0 aromatic heterocycles. The molecule has 0 aliphatic heterocycles. The van der Waals surface area contributed by atoms with Gasteiger partial charge in [0.25, 0.3) is 0 Å². The molecule has 19 heavy (non-hydrogen) atoms. The van der Waals surface area contributed by atoms with Crippen molar-refractivity contribution in [2.45, 2.75) is 40.0 Å². The summed E-state index contributed by atoms with van der Waals surface area (Å²) in [6, 6.07) is 0. The molecule has 0 saturated heterocycles. The van der Waals surface area contributed by atoms with Gasteiger partial charge < -0.3 is 15.6 Å². The van der Waals surface area contributed by atoms with E-state index in [0.717, 1.165) is 0 Å². The van der Waals surface area contributed by atoms with Gasteiger partial charge in [-0.05, 0) is 12.8 Å². The Bertz CT molecular complexity index is 307. The highest BCUT2D eigenvalue weighted by Gasteiger charge is 2.34. The first-order chi connectivity index (χ1) is 8.72. The summed E-state index contributed by atoms with van der Waals surface area (Å²) >= 11 is 0. The van der Waals surface area contributed by atoms with Crippen molar-refractivity contribution in [3.8, 4) is 0 Å². The zero-order valence-electron chi connectivity index (χ0n) is 12.3. The van der Waals surface area contributed by atoms with Crippen LogP contribution in [0.2, 0.25) is 0 Å². The first-order valence-corrected chi connectivity index (χ1v) is 6.49. The van der Waals surface area contributed by atoms with Gasteiger partial charge in [0.05, 0.1) is 24.7 Å². The van der Waals surface area contributed by atoms with E-state index in [4.69, 9.17) is 15.6 Å². The van der Waals surface area contributed by atoms with Gasteiger partial charge in [-0.2, -0.15) is 0 Å². The normalized spacial score (nSPS) is 19.3. The van der Waals surface area contributed by atoms with Crippen LogP contribution in [0.15, 0.2) is 0 Å². The minimum absolute atomic E-state index is 0.0337. The molecule has 0 aliphatic rings. The number of aliphatic carboxylic acids is 1. The summed E-state index contributed by atoms with van der Waals surface area (Å²) in [6.45, 7) is 7.07. The van der Waals surface area contributed by atoms with Gasteiger partial charge in [0.1, 0.15) is 0 Å². The molecule has 0 aromatic rings. The monoisotopic (exact) mass is 274 g/mol. The topological polar surface area (TPSA) is 102 Å². The van der Waals surface area contributed by atoms with Gasteiger partial charge in [-0.25, -0.2) is 0 Å². The van der Waals surface area contributed by atoms with Crippen molar-refractivity contribution < 1.29 is 19.4 Å². The highest BCUT2D eigenvalue weighted by molar-refractivity contribution is 5.83. The molecular formula is C13H26N2O4. The molecule has 6 heteroatoms. The number of carbonyl (C=O) groups is 2. The van der Waals surface area contributed by atoms with Crippen molar-refractivity contribution in [1.29, 1.82) is 0 Å². The van der Waals surface area contributed by atoms with Crippen molar-refractivity contribution in [3.05, 3.63) is 0 Å². The Balaban J connectivity index is 4.66. The van der Waals surface area contributed by atoms with E-state index in [9.17, 15) is 9.59 Å². The van der Waals surface area contributed by atoms with E-state index < -0.39 is 18.0 Å². The highest BCUT2D eigenvalue weighted by Crippen LogP contribution is 2.24. The Morgan fingerprint density at radius 3 is 2.11 bits per heavy atom. The van der Waals surface area contributed by atoms with Gasteiger partial charge in [0.2, 0.25) is 0 Å². The molecule has 0 saturated carbocycles. The van der Waals surface area contributed by atoms with E-state index in [-0.39, 0.29) is 30.3 Å². The average Bonchev–Trinajstić information content (AvgIpc) is 2.34. The minimum atomic E-state index is -0.886. The molecule has 0 spiro atoms. The maximum Gasteiger partial charge on any atom is 0.306 e. The lowest BCUT2D eigenvalue weighted by atomic mass is 9.82. The van der Waals surface area contributed by atoms with Crippen LogP contribution in [0.25, 0.3) is 0 Å². The summed E-state index contributed by atoms with van der Waals surface area (Å²) < 4.78 is 5.33. The second-order valence-electron chi connectivity index (χ2n) is 5.11. The number of carbonyl (C=O) groups excluding carboxylic acids is 1. The summed E-state index contributed by atoms with van der Waals surface area (Å²) in [7, 11) is 1.50. The van der Waals surface area contributed by atoms with Crippen LogP contribution in [-0.4, -0.2) is 42.8 Å². The number of nitrogens with two attached hydrogens (primary N) is 1. The Hall–Kier alpha value is -0.980. The predicted molar refractivity (Wildman–Crippen MR) is 72.6 cm³/mol. The highest BCUT2D eigenvalue weighted by atomic mass is 16.5. The SMILES string of the molecule is COC(C(C)C(=O)CNC(C)N)C(C)C(C)C(=O)O. The Morgan fingerprint density at radius 2 is 1.74 bits per heavy atom. The summed E-state index contributed by atoms with van der Waals surface area (Å²) in [6.07, 6.45) is -0.680. The third-order valence-electron chi connectivity index (χ3n) is 3.57. The van der Waals surface area contributed by atoms with Crippen molar-refractivity contribution in [2.24, 2.45) is 23.5 Å². The van der Waals surface area contributed by atoms with Crippen LogP contribution in [0.5, 0.6) is 0 Å². The summed E-state index contributed by atoms with van der Waals surface area (Å²) in [5, 5.41) is 11.9. The van der Waals surface area contributed by atoms with Gasteiger partial charge >= 0.3 is 5.97 Å². The van der Waals surface area contributed by atoms with Crippen LogP contribution in [-0.2, 0) is 14.3 Å². The average molecular weight is 274 g/mol. The van der Waals surface area contributed by atoms with Crippen LogP contribution in [0.1, 0.15) is 27.7 Å². The van der Waals surface area contributed by atoms with Crippen LogP contribution in [0, 0.1) is 17.8 Å². The number of hydrogen-bond acceptors (Lipinski definition) is 5. The number of hydrogen-bond donors (Lipinski definition) is 3. The van der Waals surface area contributed by atoms with Crippen molar-refractivity contribution in [2.75, 3.05) is 13.7 Å². The van der Waals surface area contributed by atoms with Crippen LogP contribution < -0.4 is 11.1 Å². The van der Waals surface area contributed by atoms with E-state index in [1.54, 1.807) is 27.7 Å². The maximum atomic E-state index is 12.0. The number of ketones is 1. The lowest BCUT2D eigenvalue weighted by molar-refractivity contribution is -0.147. The van der Waals surface area contributed by atoms with Crippen LogP contribution in [0.3, 0.4) is 0 Å². The fraction of sp³-hybridized carbons (Fsp3) is 0.846. The number of nitrogens with one attached hydrogen (secondary N) is 1. The zero-order chi connectivity index (χ0) is 15.2. The number of carboxylic acids is 1. The molecule has 0 radical (unpaired) electrons. The van der Waals surface area contributed by atoms with Gasteiger partial charge in [0.15, 0.2) is 5.78 Å². The molecule has 0 aromatic carbocycles. The van der Waals surface area contributed by atoms with Crippen LogP contribution in [0.4, 0.5) is 0 Å². The molecule has 6 nitrogen and oxygen atoms in total. The second-order valence-corrected chi connectivity index (χ2v) is 5.11. The fourth-order valence-corrected chi connectivity index (χ4v) is 1.99. The predicted octanol–water partition coefficient (Wildman–Crippen LogP) is 0.458. The van der Waals surface area contributed by atoms with Crippen molar-refractivity contribution >= 4 is 11.8 Å². The zero-order valence-corrected chi connectivity index (χ0v) is 12.3. The number of carboxylic acid groups (broad SMARTS) is 1. The van der Waals surface area contributed by atoms with Crippen molar-refractivity contribution in [1.82, 2.24) is 5.32 Å². The third kappa shape index (κ3) is 5.67. The second kappa shape index (κ2) is 8.24. The molecule has 4 N–H and O–H groups in total. The summed E-state index contributed by atoms with van der Waals surface area (Å²) in [5.74, 6) is -2.12. The largest absolute Gasteiger partial charge is 0.481 e. The standard InChI is InChI=1S/C13H26N2O4/c1-7(8(2)13(17)18)12(19-5)9(3)11(16)6-15-10(4)14/h7-10,12,15H,6,14H2,1-5H3,(H,17,18). The first-order valence-electron chi connectivity index (χ1n) is 6.49. The molecule has 0 fully saturated rings. The number of rotatable bonds is 9. The minimum Gasteiger partial charge on any atom is -0.481 e. The van der Waals surface area contributed by atoms with E-state index >= 15 is 0 Å². The Kier molecular flexibility index (Phi) is 7.82. The molecule has 5 unspecified atom stereocenters. The summed E-state index contributed by atoms with van der Waals surface area (Å²) in [5.41, 5.74) is 5.52. The molecular weight excluding hydrogens is 248 g/mol. The molecule has 0 heterocycles. The Labute approximate surface area is 114 Å². The van der Waals surface area contributed by atoms with E-state index in [1.807, 2.05) is 0 Å². The quantitative estimate of drug-likeness (QED) is 0.528. The number of Topliss-reactive ketones (excluding diaryl/α,β-unsaturated/α-hetero) is 1. The van der Waals surface area contributed by atoms with Crippen LogP contribution >= 0.6 is 0 Å². The third-order valence-corrected chi connectivity index (χ3v) is 3.57. The number of methoxy groups -OCH3 is 1. The molecule has 0 amide bonds. The first kappa shape index (κ1) is 18.0.